The summed E-state index contributed by atoms with van der Waals surface area (Å²) in [5, 5.41) is 0.884. The Morgan fingerprint density at radius 1 is 1.24 bits per heavy atom. The Bertz CT molecular complexity index is 804. The highest BCUT2D eigenvalue weighted by Gasteiger charge is 2.17. The number of aryl methyl sites for hydroxylation is 1. The molecule has 5 nitrogen and oxygen atoms in total. The van der Waals surface area contributed by atoms with E-state index >= 15 is 0 Å². The van der Waals surface area contributed by atoms with Gasteiger partial charge in [0.2, 0.25) is 0 Å². The van der Waals surface area contributed by atoms with Crippen LogP contribution in [-0.2, 0) is 16.0 Å². The highest BCUT2D eigenvalue weighted by molar-refractivity contribution is 5.82. The molecule has 0 aliphatic rings. The molecule has 1 aromatic heterocycles. The lowest BCUT2D eigenvalue weighted by molar-refractivity contribution is -0.150. The first-order valence-corrected chi connectivity index (χ1v) is 8.73. The van der Waals surface area contributed by atoms with Crippen LogP contribution in [0.15, 0.2) is 27.4 Å². The number of carbonyl (C=O) groups is 1. The number of esters is 1. The molecule has 2 rings (SSSR count). The maximum Gasteiger partial charge on any atom is 0.347 e. The molecule has 0 N–H and O–H groups in total. The van der Waals surface area contributed by atoms with Gasteiger partial charge >= 0.3 is 11.6 Å². The summed E-state index contributed by atoms with van der Waals surface area (Å²) in [5.74, 6) is 0.560. The van der Waals surface area contributed by atoms with Crippen molar-refractivity contribution in [1.82, 2.24) is 0 Å². The van der Waals surface area contributed by atoms with Crippen molar-refractivity contribution in [3.05, 3.63) is 39.7 Å². The van der Waals surface area contributed by atoms with E-state index in [1.165, 1.54) is 0 Å². The first kappa shape index (κ1) is 19.0. The van der Waals surface area contributed by atoms with E-state index in [2.05, 4.69) is 13.8 Å². The van der Waals surface area contributed by atoms with Crippen molar-refractivity contribution in [2.24, 2.45) is 5.92 Å². The second-order valence-electron chi connectivity index (χ2n) is 6.60. The zero-order chi connectivity index (χ0) is 18.6. The van der Waals surface area contributed by atoms with Gasteiger partial charge in [0.15, 0.2) is 6.10 Å². The standard InChI is InChI=1S/C20H26O5/c1-6-23-19(21)14(5)24-15-8-10-16-13(4)17(9-7-12(2)3)20(22)25-18(16)11-15/h8,10-12,14H,6-7,9H2,1-5H3/t14-/m1/s1. The minimum absolute atomic E-state index is 0.303. The Labute approximate surface area is 147 Å². The highest BCUT2D eigenvalue weighted by Crippen LogP contribution is 2.25. The SMILES string of the molecule is CCOC(=O)[C@@H](C)Oc1ccc2c(C)c(CCC(C)C)c(=O)oc2c1. The lowest BCUT2D eigenvalue weighted by atomic mass is 9.98. The lowest BCUT2D eigenvalue weighted by Crippen LogP contribution is -2.26. The number of hydrogen-bond donors (Lipinski definition) is 0. The quantitative estimate of drug-likeness (QED) is 0.559. The van der Waals surface area contributed by atoms with Crippen molar-refractivity contribution in [3.8, 4) is 5.75 Å². The van der Waals surface area contributed by atoms with Crippen LogP contribution in [-0.4, -0.2) is 18.7 Å². The summed E-state index contributed by atoms with van der Waals surface area (Å²) in [6, 6.07) is 5.28. The Balaban J connectivity index is 2.30. The van der Waals surface area contributed by atoms with Crippen LogP contribution in [0.1, 0.15) is 45.2 Å². The van der Waals surface area contributed by atoms with Gasteiger partial charge in [-0.3, -0.25) is 0 Å². The van der Waals surface area contributed by atoms with E-state index in [9.17, 15) is 9.59 Å². The molecule has 0 aliphatic carbocycles. The molecule has 0 saturated carbocycles. The third-order valence-corrected chi connectivity index (χ3v) is 4.16. The molecule has 25 heavy (non-hydrogen) atoms. The minimum Gasteiger partial charge on any atom is -0.479 e. The minimum atomic E-state index is -0.726. The predicted octanol–water partition coefficient (Wildman–Crippen LogP) is 4.02. The summed E-state index contributed by atoms with van der Waals surface area (Å²) in [6.07, 6.45) is 0.922. The van der Waals surface area contributed by atoms with Gasteiger partial charge in [-0.15, -0.1) is 0 Å². The number of hydrogen-bond acceptors (Lipinski definition) is 5. The monoisotopic (exact) mass is 346 g/mol. The van der Waals surface area contributed by atoms with Gasteiger partial charge in [-0.1, -0.05) is 13.8 Å². The van der Waals surface area contributed by atoms with Crippen LogP contribution in [0.25, 0.3) is 11.0 Å². The normalized spacial score (nSPS) is 12.4. The van der Waals surface area contributed by atoms with Crippen LogP contribution in [0, 0.1) is 12.8 Å². The Hall–Kier alpha value is -2.30. The van der Waals surface area contributed by atoms with E-state index in [1.54, 1.807) is 26.0 Å². The number of rotatable bonds is 7. The summed E-state index contributed by atoms with van der Waals surface area (Å²) in [5.41, 5.74) is 1.83. The number of carbonyl (C=O) groups excluding carboxylic acids is 1. The molecule has 1 heterocycles. The van der Waals surface area contributed by atoms with Crippen LogP contribution in [0.5, 0.6) is 5.75 Å². The van der Waals surface area contributed by atoms with Gasteiger partial charge in [0.25, 0.3) is 0 Å². The van der Waals surface area contributed by atoms with Crippen molar-refractivity contribution < 1.29 is 18.7 Å². The first-order valence-electron chi connectivity index (χ1n) is 8.73. The van der Waals surface area contributed by atoms with Gasteiger partial charge in [0.1, 0.15) is 11.3 Å². The fourth-order valence-electron chi connectivity index (χ4n) is 2.68. The van der Waals surface area contributed by atoms with Crippen molar-refractivity contribution >= 4 is 16.9 Å². The summed E-state index contributed by atoms with van der Waals surface area (Å²) < 4.78 is 16.0. The second kappa shape index (κ2) is 8.19. The lowest BCUT2D eigenvalue weighted by Gasteiger charge is -2.14. The van der Waals surface area contributed by atoms with Crippen LogP contribution < -0.4 is 10.4 Å². The van der Waals surface area contributed by atoms with Crippen LogP contribution in [0.2, 0.25) is 0 Å². The average molecular weight is 346 g/mol. The molecule has 0 radical (unpaired) electrons. The molecule has 0 fully saturated rings. The van der Waals surface area contributed by atoms with Gasteiger partial charge in [0.05, 0.1) is 6.61 Å². The Morgan fingerprint density at radius 3 is 2.60 bits per heavy atom. The molecule has 136 valence electrons. The van der Waals surface area contributed by atoms with Gasteiger partial charge in [-0.05, 0) is 57.2 Å². The fourth-order valence-corrected chi connectivity index (χ4v) is 2.68. The van der Waals surface area contributed by atoms with E-state index in [0.717, 1.165) is 22.9 Å². The van der Waals surface area contributed by atoms with E-state index in [1.807, 2.05) is 13.0 Å². The van der Waals surface area contributed by atoms with Gasteiger partial charge < -0.3 is 13.9 Å². The molecular weight excluding hydrogens is 320 g/mol. The third-order valence-electron chi connectivity index (χ3n) is 4.16. The molecule has 0 unspecified atom stereocenters. The smallest absolute Gasteiger partial charge is 0.347 e. The molecule has 2 aromatic rings. The van der Waals surface area contributed by atoms with Gasteiger partial charge in [-0.2, -0.15) is 0 Å². The largest absolute Gasteiger partial charge is 0.479 e. The van der Waals surface area contributed by atoms with Crippen LogP contribution >= 0.6 is 0 Å². The van der Waals surface area contributed by atoms with Crippen molar-refractivity contribution in [3.63, 3.8) is 0 Å². The first-order chi connectivity index (χ1) is 11.8. The zero-order valence-electron chi connectivity index (χ0n) is 15.5. The molecular formula is C20H26O5. The summed E-state index contributed by atoms with van der Waals surface area (Å²) in [7, 11) is 0. The number of ether oxygens (including phenoxy) is 2. The molecule has 1 aromatic carbocycles. The summed E-state index contributed by atoms with van der Waals surface area (Å²) in [6.45, 7) is 9.88. The van der Waals surface area contributed by atoms with Crippen molar-refractivity contribution in [2.75, 3.05) is 6.61 Å². The maximum atomic E-state index is 12.3. The molecule has 0 bridgehead atoms. The number of benzene rings is 1. The molecule has 1 atom stereocenters. The molecule has 0 saturated heterocycles. The molecule has 0 spiro atoms. The summed E-state index contributed by atoms with van der Waals surface area (Å²) in [4.78, 5) is 24.0. The maximum absolute atomic E-state index is 12.3. The van der Waals surface area contributed by atoms with Gasteiger partial charge in [-0.25, -0.2) is 9.59 Å². The fraction of sp³-hybridized carbons (Fsp3) is 0.500. The molecule has 5 heteroatoms. The van der Waals surface area contributed by atoms with Crippen LogP contribution in [0.4, 0.5) is 0 Å². The van der Waals surface area contributed by atoms with E-state index in [4.69, 9.17) is 13.9 Å². The van der Waals surface area contributed by atoms with Crippen LogP contribution in [0.3, 0.4) is 0 Å². The molecule has 0 aliphatic heterocycles. The summed E-state index contributed by atoms with van der Waals surface area (Å²) >= 11 is 0. The predicted molar refractivity (Wildman–Crippen MR) is 97.1 cm³/mol. The number of fused-ring (bicyclic) bond motifs is 1. The second-order valence-corrected chi connectivity index (χ2v) is 6.60. The van der Waals surface area contributed by atoms with Crippen molar-refractivity contribution in [1.29, 1.82) is 0 Å². The zero-order valence-corrected chi connectivity index (χ0v) is 15.5. The molecule has 0 amide bonds. The van der Waals surface area contributed by atoms with Crippen molar-refractivity contribution in [2.45, 2.75) is 53.6 Å². The van der Waals surface area contributed by atoms with Gasteiger partial charge in [0, 0.05) is 17.0 Å². The van der Waals surface area contributed by atoms with E-state index < -0.39 is 12.1 Å². The Morgan fingerprint density at radius 2 is 1.96 bits per heavy atom. The highest BCUT2D eigenvalue weighted by atomic mass is 16.6. The van der Waals surface area contributed by atoms with E-state index in [0.29, 0.717) is 30.3 Å². The Kier molecular flexibility index (Phi) is 6.23. The topological polar surface area (TPSA) is 65.7 Å². The third kappa shape index (κ3) is 4.62. The average Bonchev–Trinajstić information content (AvgIpc) is 2.54. The van der Waals surface area contributed by atoms with E-state index in [-0.39, 0.29) is 5.63 Å².